The van der Waals surface area contributed by atoms with Crippen LogP contribution in [0.1, 0.15) is 64.4 Å². The molecular weight excluding hydrogens is 428 g/mol. The van der Waals surface area contributed by atoms with E-state index in [4.69, 9.17) is 14.2 Å². The molecule has 2 rings (SSSR count). The molecule has 0 radical (unpaired) electrons. The quantitative estimate of drug-likeness (QED) is 0.326. The van der Waals surface area contributed by atoms with Crippen molar-refractivity contribution in [1.29, 1.82) is 0 Å². The second-order valence-corrected chi connectivity index (χ2v) is 10.1. The molecule has 1 N–H and O–H groups in total. The monoisotopic (exact) mass is 468 g/mol. The number of esters is 1. The number of aryl methyl sites for hydroxylation is 1. The van der Waals surface area contributed by atoms with Crippen molar-refractivity contribution in [3.05, 3.63) is 29.8 Å². The normalized spacial score (nSPS) is 22.9. The van der Waals surface area contributed by atoms with Crippen molar-refractivity contribution >= 4 is 16.8 Å². The van der Waals surface area contributed by atoms with Crippen LogP contribution in [-0.4, -0.2) is 59.2 Å². The molecule has 0 spiro atoms. The molecule has 0 unspecified atom stereocenters. The number of hydrogen-bond donors (Lipinski definition) is 1. The number of hydrogen-bond acceptors (Lipinski definition) is 6. The molecule has 0 amide bonds. The van der Waals surface area contributed by atoms with Gasteiger partial charge in [0.15, 0.2) is 0 Å². The Morgan fingerprint density at radius 3 is 2.41 bits per heavy atom. The van der Waals surface area contributed by atoms with E-state index >= 15 is 0 Å². The third-order valence-electron chi connectivity index (χ3n) is 6.12. The Hall–Kier alpha value is -1.28. The molecule has 0 heterocycles. The van der Waals surface area contributed by atoms with Crippen molar-refractivity contribution in [2.75, 3.05) is 33.0 Å². The van der Waals surface area contributed by atoms with Gasteiger partial charge in [0.25, 0.3) is 0 Å². The number of carbonyl (C=O) groups excluding carboxylic acids is 1. The van der Waals surface area contributed by atoms with Crippen LogP contribution in [0, 0.1) is 12.8 Å². The van der Waals surface area contributed by atoms with Crippen LogP contribution < -0.4 is 0 Å². The third kappa shape index (κ3) is 7.65. The third-order valence-corrected chi connectivity index (χ3v) is 8.02. The average molecular weight is 469 g/mol. The minimum atomic E-state index is -1.41. The zero-order chi connectivity index (χ0) is 23.4. The first-order chi connectivity index (χ1) is 15.4. The molecule has 182 valence electrons. The van der Waals surface area contributed by atoms with Crippen molar-refractivity contribution in [2.45, 2.75) is 81.5 Å². The highest BCUT2D eigenvalue weighted by molar-refractivity contribution is 7.85. The molecule has 32 heavy (non-hydrogen) atoms. The molecule has 1 fully saturated rings. The molecule has 1 aliphatic carbocycles. The average Bonchev–Trinajstić information content (AvgIpc) is 2.79. The highest BCUT2D eigenvalue weighted by Gasteiger charge is 2.51. The number of carbonyl (C=O) groups is 1. The van der Waals surface area contributed by atoms with Crippen LogP contribution >= 0.6 is 0 Å². The van der Waals surface area contributed by atoms with Gasteiger partial charge in [-0.15, -0.1) is 0 Å². The van der Waals surface area contributed by atoms with Gasteiger partial charge in [0.05, 0.1) is 34.2 Å². The minimum absolute atomic E-state index is 0.253. The molecule has 0 bridgehead atoms. The second-order valence-electron chi connectivity index (χ2n) is 8.45. The van der Waals surface area contributed by atoms with E-state index in [2.05, 4.69) is 0 Å². The Bertz CT molecular complexity index is 707. The summed E-state index contributed by atoms with van der Waals surface area (Å²) >= 11 is 0. The van der Waals surface area contributed by atoms with Crippen LogP contribution in [-0.2, 0) is 29.8 Å². The van der Waals surface area contributed by atoms with Gasteiger partial charge in [-0.2, -0.15) is 0 Å². The maximum Gasteiger partial charge on any atom is 0.311 e. The highest BCUT2D eigenvalue weighted by Crippen LogP contribution is 2.41. The summed E-state index contributed by atoms with van der Waals surface area (Å²) in [5.41, 5.74) is -0.272. The van der Waals surface area contributed by atoms with Crippen LogP contribution in [0.4, 0.5) is 0 Å². The zero-order valence-electron chi connectivity index (χ0n) is 19.8. The Morgan fingerprint density at radius 1 is 1.09 bits per heavy atom. The van der Waals surface area contributed by atoms with E-state index in [0.29, 0.717) is 63.4 Å². The molecule has 7 heteroatoms. The Labute approximate surface area is 195 Å². The molecule has 1 aliphatic rings. The fourth-order valence-electron chi connectivity index (χ4n) is 4.36. The summed E-state index contributed by atoms with van der Waals surface area (Å²) < 4.78 is 29.8. The molecule has 1 aromatic carbocycles. The lowest BCUT2D eigenvalue weighted by Gasteiger charge is -2.43. The van der Waals surface area contributed by atoms with Gasteiger partial charge in [-0.05, 0) is 58.6 Å². The predicted molar refractivity (Wildman–Crippen MR) is 126 cm³/mol. The molecule has 1 saturated carbocycles. The van der Waals surface area contributed by atoms with E-state index < -0.39 is 33.5 Å². The van der Waals surface area contributed by atoms with E-state index in [1.165, 1.54) is 0 Å². The summed E-state index contributed by atoms with van der Waals surface area (Å²) in [6, 6.07) is 7.58. The van der Waals surface area contributed by atoms with Crippen molar-refractivity contribution in [3.63, 3.8) is 0 Å². The first kappa shape index (κ1) is 27.0. The number of ether oxygens (including phenoxy) is 3. The van der Waals surface area contributed by atoms with E-state index in [0.717, 1.165) is 18.4 Å². The molecule has 0 aromatic heterocycles. The topological polar surface area (TPSA) is 82.1 Å². The van der Waals surface area contributed by atoms with Crippen molar-refractivity contribution < 1.29 is 28.3 Å². The first-order valence-electron chi connectivity index (χ1n) is 12.0. The fourth-order valence-corrected chi connectivity index (χ4v) is 6.13. The molecule has 0 aliphatic heterocycles. The van der Waals surface area contributed by atoms with E-state index in [9.17, 15) is 14.1 Å². The molecule has 1 aromatic rings. The smallest absolute Gasteiger partial charge is 0.311 e. The van der Waals surface area contributed by atoms with Gasteiger partial charge >= 0.3 is 5.97 Å². The van der Waals surface area contributed by atoms with Gasteiger partial charge in [0, 0.05) is 37.7 Å². The molecule has 6 nitrogen and oxygen atoms in total. The van der Waals surface area contributed by atoms with Gasteiger partial charge in [-0.3, -0.25) is 9.00 Å². The minimum Gasteiger partial charge on any atom is -0.465 e. The summed E-state index contributed by atoms with van der Waals surface area (Å²) in [6.07, 6.45) is 4.46. The summed E-state index contributed by atoms with van der Waals surface area (Å²) in [7, 11) is -1.41. The standard InChI is InChI=1S/C25H40O6S/c1-4-29-17-8-10-22(24(26)31-19-9-18-30-5-2)25(27)16-7-6-11-23(25)32(28)21-14-12-20(3)13-15-21/h12-15,22-23,27H,4-11,16-19H2,1-3H3/t22-,23-,25-,32-/m0/s1. The van der Waals surface area contributed by atoms with Gasteiger partial charge in [-0.1, -0.05) is 30.5 Å². The molecular formula is C25H40O6S. The maximum absolute atomic E-state index is 13.5. The van der Waals surface area contributed by atoms with Crippen LogP contribution in [0.15, 0.2) is 29.2 Å². The Morgan fingerprint density at radius 2 is 1.75 bits per heavy atom. The predicted octanol–water partition coefficient (Wildman–Crippen LogP) is 4.18. The van der Waals surface area contributed by atoms with Gasteiger partial charge in [-0.25, -0.2) is 0 Å². The van der Waals surface area contributed by atoms with Gasteiger partial charge in [0.1, 0.15) is 0 Å². The van der Waals surface area contributed by atoms with Crippen LogP contribution in [0.3, 0.4) is 0 Å². The van der Waals surface area contributed by atoms with Crippen LogP contribution in [0.5, 0.6) is 0 Å². The lowest BCUT2D eigenvalue weighted by molar-refractivity contribution is -0.162. The molecule has 4 atom stereocenters. The van der Waals surface area contributed by atoms with E-state index in [1.807, 2.05) is 45.0 Å². The lowest BCUT2D eigenvalue weighted by atomic mass is 9.73. The largest absolute Gasteiger partial charge is 0.465 e. The SMILES string of the molecule is CCOCCCOC(=O)[C@H](CCCOCC)[C@@]1(O)CCCC[C@@H]1[S@@](=O)c1ccc(C)cc1. The second kappa shape index (κ2) is 14.1. The summed E-state index contributed by atoms with van der Waals surface area (Å²) in [4.78, 5) is 13.8. The highest BCUT2D eigenvalue weighted by atomic mass is 32.2. The number of aliphatic hydroxyl groups is 1. The van der Waals surface area contributed by atoms with Crippen molar-refractivity contribution in [3.8, 4) is 0 Å². The Balaban J connectivity index is 2.20. The van der Waals surface area contributed by atoms with E-state index in [1.54, 1.807) is 0 Å². The lowest BCUT2D eigenvalue weighted by Crippen LogP contribution is -2.55. The molecule has 0 saturated heterocycles. The fraction of sp³-hybridized carbons (Fsp3) is 0.720. The summed E-state index contributed by atoms with van der Waals surface area (Å²) in [6.45, 7) is 8.38. The number of rotatable bonds is 14. The zero-order valence-corrected chi connectivity index (χ0v) is 20.7. The van der Waals surface area contributed by atoms with E-state index in [-0.39, 0.29) is 6.61 Å². The number of benzene rings is 1. The van der Waals surface area contributed by atoms with Gasteiger partial charge in [0.2, 0.25) is 0 Å². The van der Waals surface area contributed by atoms with Crippen molar-refractivity contribution in [2.24, 2.45) is 5.92 Å². The van der Waals surface area contributed by atoms with Crippen LogP contribution in [0.25, 0.3) is 0 Å². The first-order valence-corrected chi connectivity index (χ1v) is 13.2. The summed E-state index contributed by atoms with van der Waals surface area (Å²) in [5, 5.41) is 11.4. The maximum atomic E-state index is 13.5. The summed E-state index contributed by atoms with van der Waals surface area (Å²) in [5.74, 6) is -1.14. The van der Waals surface area contributed by atoms with Crippen molar-refractivity contribution in [1.82, 2.24) is 0 Å². The van der Waals surface area contributed by atoms with Crippen LogP contribution in [0.2, 0.25) is 0 Å². The Kier molecular flexibility index (Phi) is 11.9. The van der Waals surface area contributed by atoms with Gasteiger partial charge < -0.3 is 19.3 Å².